The van der Waals surface area contributed by atoms with E-state index in [0.717, 1.165) is 38.3 Å². The van der Waals surface area contributed by atoms with Gasteiger partial charge in [-0.3, -0.25) is 24.6 Å². The molecule has 8 heteroatoms. The molecule has 2 N–H and O–H groups in total. The van der Waals surface area contributed by atoms with E-state index in [1.807, 2.05) is 12.1 Å². The Kier molecular flexibility index (Phi) is 4.45. The quantitative estimate of drug-likeness (QED) is 0.697. The van der Waals surface area contributed by atoms with Crippen molar-refractivity contribution in [2.75, 3.05) is 26.2 Å². The highest BCUT2D eigenvalue weighted by Gasteiger charge is 2.44. The molecule has 5 rings (SSSR count). The maximum absolute atomic E-state index is 12.8. The Balaban J connectivity index is 1.30. The first-order chi connectivity index (χ1) is 13.9. The summed E-state index contributed by atoms with van der Waals surface area (Å²) >= 11 is 0. The number of fused-ring (bicyclic) bond motifs is 1. The summed E-state index contributed by atoms with van der Waals surface area (Å²) in [6, 6.07) is 5.41. The minimum atomic E-state index is -0.567. The van der Waals surface area contributed by atoms with Crippen molar-refractivity contribution in [3.63, 3.8) is 0 Å². The third-order valence-corrected chi connectivity index (χ3v) is 6.37. The molecule has 29 heavy (non-hydrogen) atoms. The Hall–Kier alpha value is -2.29. The van der Waals surface area contributed by atoms with Crippen LogP contribution in [0.1, 0.15) is 41.3 Å². The smallest absolute Gasteiger partial charge is 0.255 e. The van der Waals surface area contributed by atoms with Crippen molar-refractivity contribution in [3.8, 4) is 0 Å². The molecule has 2 unspecified atom stereocenters. The van der Waals surface area contributed by atoms with E-state index in [4.69, 9.17) is 4.74 Å². The molecule has 1 aromatic carbocycles. The molecule has 3 amide bonds. The van der Waals surface area contributed by atoms with Crippen LogP contribution in [0.3, 0.4) is 0 Å². The van der Waals surface area contributed by atoms with Gasteiger partial charge in [0.05, 0.1) is 6.10 Å². The highest BCUT2D eigenvalue weighted by molar-refractivity contribution is 6.05. The highest BCUT2D eigenvalue weighted by Crippen LogP contribution is 2.30. The molecule has 1 spiro atoms. The number of nitrogens with one attached hydrogen (secondary N) is 2. The molecule has 0 radical (unpaired) electrons. The van der Waals surface area contributed by atoms with Gasteiger partial charge in [0.15, 0.2) is 0 Å². The number of imide groups is 1. The average Bonchev–Trinajstić information content (AvgIpc) is 2.96. The molecule has 0 bridgehead atoms. The van der Waals surface area contributed by atoms with Gasteiger partial charge in [-0.1, -0.05) is 12.1 Å². The zero-order valence-corrected chi connectivity index (χ0v) is 16.6. The van der Waals surface area contributed by atoms with Crippen molar-refractivity contribution >= 4 is 17.7 Å². The topological polar surface area (TPSA) is 91.0 Å². The number of morpholine rings is 1. The normalized spacial score (nSPS) is 29.0. The molecule has 0 aliphatic carbocycles. The van der Waals surface area contributed by atoms with Crippen LogP contribution in [0.15, 0.2) is 18.2 Å². The fourth-order valence-electron chi connectivity index (χ4n) is 5.04. The fraction of sp³-hybridized carbons (Fsp3) is 0.571. The van der Waals surface area contributed by atoms with E-state index in [-0.39, 0.29) is 35.8 Å². The summed E-state index contributed by atoms with van der Waals surface area (Å²) in [6.07, 6.45) is 0.858. The molecule has 3 saturated heterocycles. The molecular weight excluding hydrogens is 372 g/mol. The molecule has 4 aliphatic rings. The van der Waals surface area contributed by atoms with Crippen molar-refractivity contribution in [2.24, 2.45) is 0 Å². The van der Waals surface area contributed by atoms with Crippen molar-refractivity contribution in [1.82, 2.24) is 20.4 Å². The Morgan fingerprint density at radius 2 is 2.07 bits per heavy atom. The Morgan fingerprint density at radius 1 is 1.24 bits per heavy atom. The summed E-state index contributed by atoms with van der Waals surface area (Å²) < 4.78 is 6.15. The lowest BCUT2D eigenvalue weighted by Gasteiger charge is -2.51. The monoisotopic (exact) mass is 398 g/mol. The predicted molar refractivity (Wildman–Crippen MR) is 104 cm³/mol. The third-order valence-electron chi connectivity index (χ3n) is 6.37. The van der Waals surface area contributed by atoms with Crippen LogP contribution in [0.2, 0.25) is 0 Å². The maximum atomic E-state index is 12.8. The summed E-state index contributed by atoms with van der Waals surface area (Å²) in [5.41, 5.74) is 2.72. The van der Waals surface area contributed by atoms with Crippen LogP contribution in [0.5, 0.6) is 0 Å². The van der Waals surface area contributed by atoms with Crippen LogP contribution in [-0.4, -0.2) is 71.4 Å². The first-order valence-corrected chi connectivity index (χ1v) is 10.3. The van der Waals surface area contributed by atoms with E-state index in [0.29, 0.717) is 18.5 Å². The van der Waals surface area contributed by atoms with Gasteiger partial charge in [0.25, 0.3) is 5.91 Å². The van der Waals surface area contributed by atoms with E-state index >= 15 is 0 Å². The molecule has 8 nitrogen and oxygen atoms in total. The first kappa shape index (κ1) is 18.7. The van der Waals surface area contributed by atoms with Gasteiger partial charge in [-0.25, -0.2) is 0 Å². The highest BCUT2D eigenvalue weighted by atomic mass is 16.5. The van der Waals surface area contributed by atoms with Crippen LogP contribution in [-0.2, 0) is 27.4 Å². The minimum absolute atomic E-state index is 0.0626. The summed E-state index contributed by atoms with van der Waals surface area (Å²) in [5.74, 6) is -0.762. The SMILES string of the molecule is CC1CN(Cc2ccc3c(c2)CN(C2CCC(=O)NC2=O)C3=O)CC2(CNC2)O1. The third kappa shape index (κ3) is 3.35. The Morgan fingerprint density at radius 3 is 2.79 bits per heavy atom. The maximum Gasteiger partial charge on any atom is 0.255 e. The summed E-state index contributed by atoms with van der Waals surface area (Å²) in [4.78, 5) is 40.5. The van der Waals surface area contributed by atoms with Gasteiger partial charge in [-0.2, -0.15) is 0 Å². The van der Waals surface area contributed by atoms with Crippen LogP contribution in [0, 0.1) is 0 Å². The first-order valence-electron chi connectivity index (χ1n) is 10.3. The second kappa shape index (κ2) is 6.90. The molecule has 4 aliphatic heterocycles. The van der Waals surface area contributed by atoms with Crippen molar-refractivity contribution in [1.29, 1.82) is 0 Å². The number of hydrogen-bond donors (Lipinski definition) is 2. The van der Waals surface area contributed by atoms with E-state index < -0.39 is 6.04 Å². The van der Waals surface area contributed by atoms with E-state index in [2.05, 4.69) is 28.5 Å². The van der Waals surface area contributed by atoms with E-state index in [1.54, 1.807) is 4.90 Å². The van der Waals surface area contributed by atoms with Crippen molar-refractivity contribution < 1.29 is 19.1 Å². The average molecular weight is 398 g/mol. The van der Waals surface area contributed by atoms with Crippen LogP contribution >= 0.6 is 0 Å². The van der Waals surface area contributed by atoms with Crippen LogP contribution in [0.25, 0.3) is 0 Å². The van der Waals surface area contributed by atoms with Gasteiger partial charge in [0.1, 0.15) is 11.6 Å². The molecule has 4 heterocycles. The Bertz CT molecular complexity index is 881. The molecule has 2 atom stereocenters. The number of benzene rings is 1. The van der Waals surface area contributed by atoms with Gasteiger partial charge in [-0.15, -0.1) is 0 Å². The summed E-state index contributed by atoms with van der Waals surface area (Å²) in [7, 11) is 0. The number of rotatable bonds is 3. The fourth-order valence-corrected chi connectivity index (χ4v) is 5.04. The number of amides is 3. The molecular formula is C21H26N4O4. The molecule has 0 saturated carbocycles. The molecule has 1 aromatic rings. The lowest BCUT2D eigenvalue weighted by atomic mass is 9.93. The number of hydrogen-bond acceptors (Lipinski definition) is 6. The van der Waals surface area contributed by atoms with Crippen molar-refractivity contribution in [3.05, 3.63) is 34.9 Å². The summed E-state index contributed by atoms with van der Waals surface area (Å²) in [6.45, 7) is 6.94. The number of nitrogens with zero attached hydrogens (tertiary/aromatic N) is 2. The van der Waals surface area contributed by atoms with Crippen LogP contribution in [0.4, 0.5) is 0 Å². The zero-order chi connectivity index (χ0) is 20.2. The van der Waals surface area contributed by atoms with Crippen molar-refractivity contribution in [2.45, 2.75) is 50.6 Å². The van der Waals surface area contributed by atoms with Gasteiger partial charge >= 0.3 is 0 Å². The van der Waals surface area contributed by atoms with E-state index in [9.17, 15) is 14.4 Å². The number of carbonyl (C=O) groups is 3. The lowest BCUT2D eigenvalue weighted by molar-refractivity contribution is -0.172. The van der Waals surface area contributed by atoms with Gasteiger partial charge in [0, 0.05) is 51.3 Å². The molecule has 0 aromatic heterocycles. The van der Waals surface area contributed by atoms with Gasteiger partial charge in [0.2, 0.25) is 11.8 Å². The predicted octanol–water partition coefficient (Wildman–Crippen LogP) is 0.0103. The number of piperidine rings is 1. The lowest BCUT2D eigenvalue weighted by Crippen LogP contribution is -2.70. The number of ether oxygens (including phenoxy) is 1. The largest absolute Gasteiger partial charge is 0.367 e. The summed E-state index contributed by atoms with van der Waals surface area (Å²) in [5, 5.41) is 5.66. The van der Waals surface area contributed by atoms with Gasteiger partial charge < -0.3 is 15.0 Å². The number of carbonyl (C=O) groups excluding carboxylic acids is 3. The van der Waals surface area contributed by atoms with Crippen LogP contribution < -0.4 is 10.6 Å². The molecule has 154 valence electrons. The standard InChI is InChI=1S/C21H26N4O4/c1-13-7-24(12-21(29-13)10-22-11-21)8-14-2-3-16-15(6-14)9-25(20(16)28)17-4-5-18(26)23-19(17)27/h2-3,6,13,17,22H,4-5,7-12H2,1H3,(H,23,26,27). The Labute approximate surface area is 169 Å². The van der Waals surface area contributed by atoms with Gasteiger partial charge in [-0.05, 0) is 30.5 Å². The molecule has 3 fully saturated rings. The minimum Gasteiger partial charge on any atom is -0.367 e. The zero-order valence-electron chi connectivity index (χ0n) is 16.6. The van der Waals surface area contributed by atoms with E-state index in [1.165, 1.54) is 5.56 Å². The second-order valence-corrected chi connectivity index (χ2v) is 8.78. The second-order valence-electron chi connectivity index (χ2n) is 8.78.